The van der Waals surface area contributed by atoms with Crippen LogP contribution in [-0.4, -0.2) is 61.7 Å². The Balaban J connectivity index is 1.53. The minimum absolute atomic E-state index is 0.178. The monoisotopic (exact) mass is 611 g/mol. The summed E-state index contributed by atoms with van der Waals surface area (Å²) in [4.78, 5) is 43.7. The van der Waals surface area contributed by atoms with Gasteiger partial charge in [-0.1, -0.05) is 19.1 Å². The summed E-state index contributed by atoms with van der Waals surface area (Å²) < 4.78 is 50.4. The van der Waals surface area contributed by atoms with Gasteiger partial charge in [-0.2, -0.15) is 10.2 Å². The third-order valence-corrected chi connectivity index (χ3v) is 7.95. The van der Waals surface area contributed by atoms with E-state index in [9.17, 15) is 27.6 Å². The van der Waals surface area contributed by atoms with E-state index in [2.05, 4.69) is 20.8 Å². The number of aryl methyl sites for hydroxylation is 1. The highest BCUT2D eigenvalue weighted by Gasteiger charge is 2.57. The molecule has 44 heavy (non-hydrogen) atoms. The van der Waals surface area contributed by atoms with Crippen LogP contribution in [0.4, 0.5) is 13.2 Å². The number of rotatable bonds is 10. The number of imidazole rings is 1. The molecule has 1 aliphatic rings. The summed E-state index contributed by atoms with van der Waals surface area (Å²) >= 11 is 0. The van der Waals surface area contributed by atoms with Crippen molar-refractivity contribution < 1.29 is 32.3 Å². The second-order valence-electron chi connectivity index (χ2n) is 10.8. The van der Waals surface area contributed by atoms with E-state index in [-0.39, 0.29) is 17.5 Å². The number of hydrogen-bond acceptors (Lipinski definition) is 7. The van der Waals surface area contributed by atoms with Gasteiger partial charge in [0.25, 0.3) is 11.8 Å². The number of carbonyl (C=O) groups excluding carboxylic acids is 3. The number of methoxy groups -OCH3 is 1. The summed E-state index contributed by atoms with van der Waals surface area (Å²) in [6.45, 7) is 3.41. The van der Waals surface area contributed by atoms with Gasteiger partial charge in [-0.15, -0.1) is 0 Å². The Morgan fingerprint density at radius 3 is 2.57 bits per heavy atom. The van der Waals surface area contributed by atoms with Gasteiger partial charge >= 0.3 is 5.97 Å². The number of hydrogen-bond donors (Lipinski definition) is 2. The summed E-state index contributed by atoms with van der Waals surface area (Å²) in [5, 5.41) is 13.9. The van der Waals surface area contributed by atoms with Gasteiger partial charge in [0.2, 0.25) is 5.91 Å². The first kappa shape index (κ1) is 30.7. The molecule has 0 radical (unpaired) electrons. The third-order valence-electron chi connectivity index (χ3n) is 7.95. The molecule has 3 aromatic heterocycles. The molecule has 0 aliphatic carbocycles. The SMILES string of the molecule is CCC(c1ccc(F)cc1)C(NC(=O)c1ccnn1CC)c1cn2nc(CC3(C(=O)OC)CC(F)(F)CNC3=O)ccc2n1. The molecule has 2 amide bonds. The van der Waals surface area contributed by atoms with Crippen LogP contribution in [0.5, 0.6) is 0 Å². The summed E-state index contributed by atoms with van der Waals surface area (Å²) in [6, 6.07) is 10.0. The van der Waals surface area contributed by atoms with Crippen LogP contribution in [0.3, 0.4) is 0 Å². The second kappa shape index (κ2) is 12.1. The molecule has 5 rings (SSSR count). The number of halogens is 3. The molecule has 14 heteroatoms. The Labute approximate surface area is 250 Å². The minimum Gasteiger partial charge on any atom is -0.468 e. The summed E-state index contributed by atoms with van der Waals surface area (Å²) in [6.07, 6.45) is 2.23. The van der Waals surface area contributed by atoms with Crippen molar-refractivity contribution in [1.82, 2.24) is 35.0 Å². The molecule has 0 bridgehead atoms. The van der Waals surface area contributed by atoms with E-state index in [4.69, 9.17) is 9.72 Å². The fraction of sp³-hybridized carbons (Fsp3) is 0.400. The maximum absolute atomic E-state index is 14.4. The molecule has 0 spiro atoms. The van der Waals surface area contributed by atoms with Gasteiger partial charge in [0.1, 0.15) is 11.5 Å². The van der Waals surface area contributed by atoms with E-state index in [1.807, 2.05) is 13.8 Å². The Bertz CT molecular complexity index is 1680. The maximum atomic E-state index is 14.4. The highest BCUT2D eigenvalue weighted by atomic mass is 19.3. The molecule has 1 fully saturated rings. The number of alkyl halides is 2. The number of esters is 1. The van der Waals surface area contributed by atoms with Crippen LogP contribution in [0.25, 0.3) is 5.65 Å². The second-order valence-corrected chi connectivity index (χ2v) is 10.8. The largest absolute Gasteiger partial charge is 0.468 e. The number of piperidine rings is 1. The van der Waals surface area contributed by atoms with Crippen molar-refractivity contribution in [2.75, 3.05) is 13.7 Å². The zero-order valence-electron chi connectivity index (χ0n) is 24.4. The minimum atomic E-state index is -3.32. The lowest BCUT2D eigenvalue weighted by atomic mass is 9.74. The van der Waals surface area contributed by atoms with Crippen LogP contribution in [-0.2, 0) is 27.3 Å². The van der Waals surface area contributed by atoms with Crippen molar-refractivity contribution in [3.05, 3.63) is 83.3 Å². The van der Waals surface area contributed by atoms with Crippen molar-refractivity contribution in [3.8, 4) is 0 Å². The van der Waals surface area contributed by atoms with Crippen molar-refractivity contribution >= 4 is 23.4 Å². The quantitative estimate of drug-likeness (QED) is 0.207. The van der Waals surface area contributed by atoms with Crippen LogP contribution in [0.1, 0.15) is 66.1 Å². The molecule has 1 aliphatic heterocycles. The Hall–Kier alpha value is -4.75. The Kier molecular flexibility index (Phi) is 8.44. The zero-order valence-corrected chi connectivity index (χ0v) is 24.4. The molecule has 3 atom stereocenters. The van der Waals surface area contributed by atoms with Gasteiger partial charge in [-0.25, -0.2) is 22.7 Å². The van der Waals surface area contributed by atoms with E-state index in [0.717, 1.165) is 12.7 Å². The van der Waals surface area contributed by atoms with Gasteiger partial charge in [0.05, 0.1) is 37.3 Å². The highest BCUT2D eigenvalue weighted by Crippen LogP contribution is 2.40. The van der Waals surface area contributed by atoms with Crippen LogP contribution in [0, 0.1) is 11.2 Å². The topological polar surface area (TPSA) is 133 Å². The normalized spacial score (nSPS) is 19.3. The first-order valence-electron chi connectivity index (χ1n) is 14.2. The van der Waals surface area contributed by atoms with Crippen LogP contribution < -0.4 is 10.6 Å². The average molecular weight is 612 g/mol. The van der Waals surface area contributed by atoms with Gasteiger partial charge in [0, 0.05) is 31.5 Å². The lowest BCUT2D eigenvalue weighted by Gasteiger charge is -2.37. The van der Waals surface area contributed by atoms with Crippen molar-refractivity contribution in [3.63, 3.8) is 0 Å². The molecule has 0 saturated carbocycles. The summed E-state index contributed by atoms with van der Waals surface area (Å²) in [5.41, 5.74) is -0.0514. The summed E-state index contributed by atoms with van der Waals surface area (Å²) in [7, 11) is 1.04. The predicted octanol–water partition coefficient (Wildman–Crippen LogP) is 3.61. The first-order valence-corrected chi connectivity index (χ1v) is 14.2. The van der Waals surface area contributed by atoms with Crippen LogP contribution in [0.2, 0.25) is 0 Å². The number of ether oxygens (including phenoxy) is 1. The van der Waals surface area contributed by atoms with E-state index in [0.29, 0.717) is 30.0 Å². The van der Waals surface area contributed by atoms with E-state index < -0.39 is 54.5 Å². The molecular formula is C30H32F3N7O4. The van der Waals surface area contributed by atoms with Crippen molar-refractivity contribution in [2.24, 2.45) is 5.41 Å². The van der Waals surface area contributed by atoms with Crippen LogP contribution in [0.15, 0.2) is 54.9 Å². The molecule has 1 saturated heterocycles. The van der Waals surface area contributed by atoms with E-state index in [1.165, 1.54) is 28.9 Å². The fourth-order valence-electron chi connectivity index (χ4n) is 5.78. The molecule has 4 heterocycles. The third kappa shape index (κ3) is 5.88. The molecule has 1 aromatic carbocycles. The van der Waals surface area contributed by atoms with Gasteiger partial charge in [-0.05, 0) is 49.2 Å². The lowest BCUT2D eigenvalue weighted by Crippen LogP contribution is -2.59. The highest BCUT2D eigenvalue weighted by molar-refractivity contribution is 6.03. The maximum Gasteiger partial charge on any atom is 0.322 e. The van der Waals surface area contributed by atoms with E-state index in [1.54, 1.807) is 35.1 Å². The number of fused-ring (bicyclic) bond motifs is 1. The van der Waals surface area contributed by atoms with Crippen LogP contribution >= 0.6 is 0 Å². The number of benzene rings is 1. The molecule has 11 nitrogen and oxygen atoms in total. The lowest BCUT2D eigenvalue weighted by molar-refractivity contribution is -0.172. The zero-order chi connectivity index (χ0) is 31.6. The molecule has 3 unspecified atom stereocenters. The first-order chi connectivity index (χ1) is 21.0. The van der Waals surface area contributed by atoms with Gasteiger partial charge in [0.15, 0.2) is 11.1 Å². The fourth-order valence-corrected chi connectivity index (χ4v) is 5.78. The number of nitrogens with one attached hydrogen (secondary N) is 2. The number of carbonyl (C=O) groups is 3. The smallest absolute Gasteiger partial charge is 0.322 e. The average Bonchev–Trinajstić information content (AvgIpc) is 3.66. The van der Waals surface area contributed by atoms with Gasteiger partial charge < -0.3 is 15.4 Å². The number of nitrogens with zero attached hydrogens (tertiary/aromatic N) is 5. The Morgan fingerprint density at radius 1 is 1.14 bits per heavy atom. The molecule has 232 valence electrons. The number of amides is 2. The molecular weight excluding hydrogens is 579 g/mol. The summed E-state index contributed by atoms with van der Waals surface area (Å²) in [5.74, 6) is -6.36. The van der Waals surface area contributed by atoms with Crippen molar-refractivity contribution in [1.29, 1.82) is 0 Å². The number of aromatic nitrogens is 5. The molecule has 2 N–H and O–H groups in total. The predicted molar refractivity (Wildman–Crippen MR) is 151 cm³/mol. The van der Waals surface area contributed by atoms with Crippen molar-refractivity contribution in [2.45, 2.75) is 57.5 Å². The Morgan fingerprint density at radius 2 is 1.89 bits per heavy atom. The standard InChI is InChI=1S/C30H32F3N7O4/c1-4-21(18-6-8-19(31)9-7-18)25(37-26(41)23-12-13-35-39(23)5-2)22-15-40-24(36-22)11-10-20(38-40)14-29(28(43)44-3)16-30(32,33)17-34-27(29)42/h6-13,15,21,25H,4-5,14,16-17H2,1-3H3,(H,34,42)(H,37,41). The van der Waals surface area contributed by atoms with Gasteiger partial charge in [-0.3, -0.25) is 19.1 Å². The molecule has 4 aromatic rings. The van der Waals surface area contributed by atoms with E-state index >= 15 is 0 Å².